The standard InChI is InChI=1S/C25H40N2O3/c1-2-3-4-6-17(14-26)9-10-21-20(15-27)11-19-13-23-18(12-22(19)21)7-5-8-24(23)30-16-25(28)29/h5,7-8,17,19-22H,2-4,6,9-16,26-27H2,1H3,(H,28,29)/t17-,19+,20-,21-,22-/m0/s1. The molecule has 5 heteroatoms. The summed E-state index contributed by atoms with van der Waals surface area (Å²) >= 11 is 0. The summed E-state index contributed by atoms with van der Waals surface area (Å²) in [4.78, 5) is 10.9. The van der Waals surface area contributed by atoms with E-state index in [0.717, 1.165) is 31.7 Å². The fourth-order valence-electron chi connectivity index (χ4n) is 6.03. The van der Waals surface area contributed by atoms with Crippen LogP contribution in [0.3, 0.4) is 0 Å². The summed E-state index contributed by atoms with van der Waals surface area (Å²) in [5, 5.41) is 8.97. The topological polar surface area (TPSA) is 98.6 Å². The predicted molar refractivity (Wildman–Crippen MR) is 121 cm³/mol. The summed E-state index contributed by atoms with van der Waals surface area (Å²) in [6.45, 7) is 3.53. The molecule has 0 bridgehead atoms. The van der Waals surface area contributed by atoms with E-state index in [4.69, 9.17) is 21.3 Å². The predicted octanol–water partition coefficient (Wildman–Crippen LogP) is 4.01. The Bertz CT molecular complexity index is 693. The van der Waals surface area contributed by atoms with E-state index >= 15 is 0 Å². The number of hydrogen-bond acceptors (Lipinski definition) is 4. The number of carbonyl (C=O) groups is 1. The van der Waals surface area contributed by atoms with Gasteiger partial charge in [0.05, 0.1) is 0 Å². The second-order valence-corrected chi connectivity index (χ2v) is 9.48. The number of carboxylic acid groups (broad SMARTS) is 1. The Morgan fingerprint density at radius 2 is 2.07 bits per heavy atom. The highest BCUT2D eigenvalue weighted by Gasteiger charge is 2.44. The first-order chi connectivity index (χ1) is 14.6. The van der Waals surface area contributed by atoms with E-state index < -0.39 is 5.97 Å². The molecule has 0 amide bonds. The number of carboxylic acids is 1. The fourth-order valence-corrected chi connectivity index (χ4v) is 6.03. The van der Waals surface area contributed by atoms with E-state index in [1.54, 1.807) is 0 Å². The number of unbranched alkanes of at least 4 members (excludes halogenated alkanes) is 2. The molecule has 0 heterocycles. The van der Waals surface area contributed by atoms with Crippen molar-refractivity contribution in [2.24, 2.45) is 41.1 Å². The average Bonchev–Trinajstić information content (AvgIpc) is 3.09. The number of ether oxygens (including phenoxy) is 1. The van der Waals surface area contributed by atoms with Gasteiger partial charge in [-0.1, -0.05) is 38.3 Å². The summed E-state index contributed by atoms with van der Waals surface area (Å²) in [6.07, 6.45) is 10.8. The van der Waals surface area contributed by atoms with Crippen LogP contribution < -0.4 is 16.2 Å². The SMILES string of the molecule is CCCCC[C@H](CN)CC[C@H]1[C@H](CN)C[C@@H]2Cc3c(cccc3OCC(=O)O)C[C@@H]21. The summed E-state index contributed by atoms with van der Waals surface area (Å²) in [7, 11) is 0. The zero-order chi connectivity index (χ0) is 21.5. The average molecular weight is 417 g/mol. The molecule has 5 N–H and O–H groups in total. The Balaban J connectivity index is 1.67. The lowest BCUT2D eigenvalue weighted by molar-refractivity contribution is -0.139. The first-order valence-corrected chi connectivity index (χ1v) is 11.9. The maximum atomic E-state index is 10.9. The highest BCUT2D eigenvalue weighted by molar-refractivity contribution is 5.68. The van der Waals surface area contributed by atoms with E-state index in [-0.39, 0.29) is 6.61 Å². The lowest BCUT2D eigenvalue weighted by atomic mass is 9.72. The number of hydrogen-bond donors (Lipinski definition) is 3. The Morgan fingerprint density at radius 1 is 1.23 bits per heavy atom. The molecule has 2 aliphatic carbocycles. The van der Waals surface area contributed by atoms with E-state index in [1.165, 1.54) is 56.1 Å². The van der Waals surface area contributed by atoms with Crippen LogP contribution in [-0.2, 0) is 17.6 Å². The molecule has 0 radical (unpaired) electrons. The molecule has 0 saturated heterocycles. The minimum Gasteiger partial charge on any atom is -0.482 e. The van der Waals surface area contributed by atoms with Crippen LogP contribution in [-0.4, -0.2) is 30.8 Å². The molecule has 168 valence electrons. The molecule has 1 aromatic rings. The Kier molecular flexibility index (Phi) is 8.58. The molecular weight excluding hydrogens is 376 g/mol. The number of rotatable bonds is 12. The molecule has 0 aliphatic heterocycles. The van der Waals surface area contributed by atoms with Crippen molar-refractivity contribution in [2.45, 2.75) is 64.7 Å². The minimum atomic E-state index is -0.932. The Morgan fingerprint density at radius 3 is 2.77 bits per heavy atom. The summed E-state index contributed by atoms with van der Waals surface area (Å²) in [5.74, 6) is 3.03. The molecule has 0 unspecified atom stereocenters. The van der Waals surface area contributed by atoms with Gasteiger partial charge in [-0.05, 0) is 98.4 Å². The molecule has 1 saturated carbocycles. The normalized spacial score (nSPS) is 26.1. The Hall–Kier alpha value is -1.59. The quantitative estimate of drug-likeness (QED) is 0.447. The van der Waals surface area contributed by atoms with Crippen molar-refractivity contribution >= 4 is 5.97 Å². The third-order valence-electron chi connectivity index (χ3n) is 7.63. The van der Waals surface area contributed by atoms with Gasteiger partial charge in [0, 0.05) is 0 Å². The molecule has 5 atom stereocenters. The second-order valence-electron chi connectivity index (χ2n) is 9.48. The van der Waals surface area contributed by atoms with Crippen molar-refractivity contribution in [3.05, 3.63) is 29.3 Å². The van der Waals surface area contributed by atoms with Crippen LogP contribution in [0.5, 0.6) is 5.75 Å². The van der Waals surface area contributed by atoms with Crippen LogP contribution in [0.2, 0.25) is 0 Å². The van der Waals surface area contributed by atoms with Crippen molar-refractivity contribution < 1.29 is 14.6 Å². The maximum Gasteiger partial charge on any atom is 0.341 e. The van der Waals surface area contributed by atoms with Crippen LogP contribution in [0.1, 0.15) is 63.0 Å². The van der Waals surface area contributed by atoms with Crippen molar-refractivity contribution in [1.29, 1.82) is 0 Å². The largest absolute Gasteiger partial charge is 0.482 e. The van der Waals surface area contributed by atoms with E-state index in [1.807, 2.05) is 12.1 Å². The van der Waals surface area contributed by atoms with Crippen LogP contribution in [0.15, 0.2) is 18.2 Å². The zero-order valence-electron chi connectivity index (χ0n) is 18.5. The molecule has 0 spiro atoms. The third kappa shape index (κ3) is 5.55. The van der Waals surface area contributed by atoms with Gasteiger partial charge in [-0.2, -0.15) is 0 Å². The lowest BCUT2D eigenvalue weighted by Gasteiger charge is -2.33. The van der Waals surface area contributed by atoms with Gasteiger partial charge in [0.2, 0.25) is 0 Å². The molecule has 3 rings (SSSR count). The summed E-state index contributed by atoms with van der Waals surface area (Å²) in [6, 6.07) is 6.11. The Labute approximate surface area is 181 Å². The first-order valence-electron chi connectivity index (χ1n) is 11.9. The van der Waals surface area contributed by atoms with Gasteiger partial charge in [0.25, 0.3) is 0 Å². The molecule has 30 heavy (non-hydrogen) atoms. The first kappa shape index (κ1) is 23.1. The van der Waals surface area contributed by atoms with Gasteiger partial charge in [0.1, 0.15) is 5.75 Å². The zero-order valence-corrected chi connectivity index (χ0v) is 18.5. The van der Waals surface area contributed by atoms with E-state index in [0.29, 0.717) is 29.6 Å². The number of nitrogens with two attached hydrogens (primary N) is 2. The fraction of sp³-hybridized carbons (Fsp3) is 0.720. The lowest BCUT2D eigenvalue weighted by Crippen LogP contribution is -2.28. The van der Waals surface area contributed by atoms with Crippen molar-refractivity contribution in [3.8, 4) is 5.75 Å². The second kappa shape index (κ2) is 11.1. The van der Waals surface area contributed by atoms with Gasteiger partial charge in [-0.3, -0.25) is 0 Å². The van der Waals surface area contributed by atoms with Crippen LogP contribution in [0.25, 0.3) is 0 Å². The van der Waals surface area contributed by atoms with Crippen LogP contribution in [0.4, 0.5) is 0 Å². The van der Waals surface area contributed by atoms with Crippen molar-refractivity contribution in [2.75, 3.05) is 19.7 Å². The maximum absolute atomic E-state index is 10.9. The van der Waals surface area contributed by atoms with Crippen molar-refractivity contribution in [3.63, 3.8) is 0 Å². The van der Waals surface area contributed by atoms with Crippen molar-refractivity contribution in [1.82, 2.24) is 0 Å². The molecule has 2 aliphatic rings. The molecule has 1 aromatic carbocycles. The monoisotopic (exact) mass is 416 g/mol. The van der Waals surface area contributed by atoms with E-state index in [2.05, 4.69) is 13.0 Å². The molecule has 1 fully saturated rings. The highest BCUT2D eigenvalue weighted by Crippen LogP contribution is 2.51. The number of aliphatic carboxylic acids is 1. The van der Waals surface area contributed by atoms with Crippen LogP contribution in [0, 0.1) is 29.6 Å². The van der Waals surface area contributed by atoms with Gasteiger partial charge >= 0.3 is 5.97 Å². The summed E-state index contributed by atoms with van der Waals surface area (Å²) < 4.78 is 5.60. The molecule has 0 aromatic heterocycles. The van der Waals surface area contributed by atoms with Gasteiger partial charge in [-0.25, -0.2) is 4.79 Å². The molecule has 5 nitrogen and oxygen atoms in total. The van der Waals surface area contributed by atoms with E-state index in [9.17, 15) is 4.79 Å². The van der Waals surface area contributed by atoms with Gasteiger partial charge < -0.3 is 21.3 Å². The molecular formula is C25H40N2O3. The van der Waals surface area contributed by atoms with Gasteiger partial charge in [0.15, 0.2) is 6.61 Å². The number of benzene rings is 1. The number of fused-ring (bicyclic) bond motifs is 2. The third-order valence-corrected chi connectivity index (χ3v) is 7.63. The smallest absolute Gasteiger partial charge is 0.341 e. The van der Waals surface area contributed by atoms with Gasteiger partial charge in [-0.15, -0.1) is 0 Å². The highest BCUT2D eigenvalue weighted by atomic mass is 16.5. The van der Waals surface area contributed by atoms with Crippen LogP contribution >= 0.6 is 0 Å². The minimum absolute atomic E-state index is 0.281. The summed E-state index contributed by atoms with van der Waals surface area (Å²) in [5.41, 5.74) is 14.9.